The molecule has 7 heteroatoms. The predicted octanol–water partition coefficient (Wildman–Crippen LogP) is 1.27. The number of phenolic OH excluding ortho intramolecular Hbond substituents is 2. The quantitative estimate of drug-likeness (QED) is 0.561. The van der Waals surface area contributed by atoms with Gasteiger partial charge in [-0.3, -0.25) is 14.4 Å². The Labute approximate surface area is 137 Å². The molecule has 0 spiro atoms. The van der Waals surface area contributed by atoms with E-state index in [1.165, 1.54) is 26.0 Å². The molecule has 0 fully saturated rings. The summed E-state index contributed by atoms with van der Waals surface area (Å²) in [4.78, 5) is 35.3. The minimum absolute atomic E-state index is 0.0727. The molecular formula is C17H16O7. The van der Waals surface area contributed by atoms with Crippen molar-refractivity contribution in [1.29, 1.82) is 0 Å². The van der Waals surface area contributed by atoms with Gasteiger partial charge >= 0.3 is 5.97 Å². The zero-order valence-electron chi connectivity index (χ0n) is 13.1. The number of carbonyl (C=O) groups excluding carboxylic acids is 3. The van der Waals surface area contributed by atoms with Crippen LogP contribution >= 0.6 is 0 Å². The summed E-state index contributed by atoms with van der Waals surface area (Å²) in [7, 11) is 0. The van der Waals surface area contributed by atoms with Crippen molar-refractivity contribution in [1.82, 2.24) is 0 Å². The summed E-state index contributed by atoms with van der Waals surface area (Å²) in [6.07, 6.45) is 3.41. The number of ketones is 2. The lowest BCUT2D eigenvalue weighted by Crippen LogP contribution is -2.29. The molecule has 0 heterocycles. The molecule has 1 atom stereocenters. The number of hydrogen-bond donors (Lipinski definition) is 3. The second-order valence-electron chi connectivity index (χ2n) is 5.62. The van der Waals surface area contributed by atoms with E-state index >= 15 is 0 Å². The lowest BCUT2D eigenvalue weighted by atomic mass is 9.87. The molecule has 126 valence electrons. The maximum absolute atomic E-state index is 12.4. The van der Waals surface area contributed by atoms with E-state index in [2.05, 4.69) is 0 Å². The van der Waals surface area contributed by atoms with Gasteiger partial charge in [-0.05, 0) is 31.2 Å². The van der Waals surface area contributed by atoms with Crippen molar-refractivity contribution in [3.8, 4) is 11.5 Å². The van der Waals surface area contributed by atoms with Gasteiger partial charge in [-0.1, -0.05) is 6.08 Å². The molecule has 0 saturated carbocycles. The van der Waals surface area contributed by atoms with Gasteiger partial charge in [0.1, 0.15) is 23.7 Å². The minimum Gasteiger partial charge on any atom is -0.507 e. The summed E-state index contributed by atoms with van der Waals surface area (Å²) in [5.74, 6) is -2.70. The highest BCUT2D eigenvalue weighted by Crippen LogP contribution is 2.35. The van der Waals surface area contributed by atoms with Crippen molar-refractivity contribution in [2.75, 3.05) is 6.61 Å². The van der Waals surface area contributed by atoms with Gasteiger partial charge in [-0.2, -0.15) is 0 Å². The number of ether oxygens (including phenoxy) is 1. The van der Waals surface area contributed by atoms with Crippen molar-refractivity contribution in [3.63, 3.8) is 0 Å². The van der Waals surface area contributed by atoms with E-state index in [0.29, 0.717) is 0 Å². The van der Waals surface area contributed by atoms with Gasteiger partial charge in [0.05, 0.1) is 11.1 Å². The zero-order chi connectivity index (χ0) is 18.1. The number of rotatable bonds is 4. The van der Waals surface area contributed by atoms with Crippen molar-refractivity contribution in [3.05, 3.63) is 47.1 Å². The standard InChI is InChI=1S/C17H16O7/c1-9(18)24-8-17(2,23)6-5-10-7-13(21)14-11(19)3-4-12(20)15(14)16(10)22/h3-7,19-20,23H,8H2,1-2H3/b6-5+/t17-/m0/s1. The van der Waals surface area contributed by atoms with Crippen molar-refractivity contribution < 1.29 is 34.4 Å². The Kier molecular flexibility index (Phi) is 4.57. The molecule has 0 aliphatic heterocycles. The Morgan fingerprint density at radius 3 is 2.38 bits per heavy atom. The number of aromatic hydroxyl groups is 2. The molecule has 0 saturated heterocycles. The van der Waals surface area contributed by atoms with Gasteiger partial charge in [0.15, 0.2) is 11.6 Å². The van der Waals surface area contributed by atoms with Crippen molar-refractivity contribution >= 4 is 17.5 Å². The Balaban J connectivity index is 2.32. The molecule has 1 aliphatic rings. The predicted molar refractivity (Wildman–Crippen MR) is 82.9 cm³/mol. The van der Waals surface area contributed by atoms with E-state index < -0.39 is 34.6 Å². The monoisotopic (exact) mass is 332 g/mol. The summed E-state index contributed by atoms with van der Waals surface area (Å²) in [5, 5.41) is 29.6. The zero-order valence-corrected chi connectivity index (χ0v) is 13.1. The van der Waals surface area contributed by atoms with Gasteiger partial charge in [-0.15, -0.1) is 0 Å². The van der Waals surface area contributed by atoms with E-state index in [0.717, 1.165) is 18.2 Å². The van der Waals surface area contributed by atoms with Crippen molar-refractivity contribution in [2.45, 2.75) is 19.4 Å². The smallest absolute Gasteiger partial charge is 0.302 e. The Morgan fingerprint density at radius 1 is 1.21 bits per heavy atom. The molecule has 0 aromatic heterocycles. The summed E-state index contributed by atoms with van der Waals surface area (Å²) < 4.78 is 4.70. The second-order valence-corrected chi connectivity index (χ2v) is 5.62. The highest BCUT2D eigenvalue weighted by atomic mass is 16.5. The number of allylic oxidation sites excluding steroid dienone is 3. The number of benzene rings is 1. The Hall–Kier alpha value is -2.93. The van der Waals surface area contributed by atoms with Gasteiger partial charge in [0, 0.05) is 12.5 Å². The molecule has 24 heavy (non-hydrogen) atoms. The first-order valence-corrected chi connectivity index (χ1v) is 7.03. The van der Waals surface area contributed by atoms with Crippen LogP contribution in [0.1, 0.15) is 34.6 Å². The lowest BCUT2D eigenvalue weighted by molar-refractivity contribution is -0.145. The topological polar surface area (TPSA) is 121 Å². The fraction of sp³-hybridized carbons (Fsp3) is 0.235. The molecule has 1 aromatic rings. The molecule has 1 aliphatic carbocycles. The SMILES string of the molecule is CC(=O)OC[C@@](C)(O)/C=C/C1=CC(=O)c2c(O)ccc(O)c2C1=O. The molecular weight excluding hydrogens is 316 g/mol. The van der Waals surface area contributed by atoms with E-state index in [-0.39, 0.29) is 23.3 Å². The first-order valence-electron chi connectivity index (χ1n) is 7.03. The number of hydrogen-bond acceptors (Lipinski definition) is 7. The fourth-order valence-electron chi connectivity index (χ4n) is 2.17. The fourth-order valence-corrected chi connectivity index (χ4v) is 2.17. The summed E-state index contributed by atoms with van der Waals surface area (Å²) in [5.41, 5.74) is -2.17. The van der Waals surface area contributed by atoms with Crippen LogP contribution in [0.5, 0.6) is 11.5 Å². The first kappa shape index (κ1) is 17.4. The van der Waals surface area contributed by atoms with Crippen LogP contribution < -0.4 is 0 Å². The highest BCUT2D eigenvalue weighted by molar-refractivity contribution is 6.27. The average Bonchev–Trinajstić information content (AvgIpc) is 2.50. The Bertz CT molecular complexity index is 784. The van der Waals surface area contributed by atoms with Gasteiger partial charge in [-0.25, -0.2) is 0 Å². The van der Waals surface area contributed by atoms with Crippen LogP contribution in [0.25, 0.3) is 0 Å². The number of Topliss-reactive ketones (excluding diaryl/α,β-unsaturated/α-hetero) is 1. The minimum atomic E-state index is -1.54. The Morgan fingerprint density at radius 2 is 1.79 bits per heavy atom. The largest absolute Gasteiger partial charge is 0.507 e. The third-order valence-electron chi connectivity index (χ3n) is 3.37. The van der Waals surface area contributed by atoms with E-state index in [9.17, 15) is 29.7 Å². The normalized spacial score (nSPS) is 16.5. The molecule has 7 nitrogen and oxygen atoms in total. The maximum atomic E-state index is 12.4. The van der Waals surface area contributed by atoms with Gasteiger partial charge in [0.2, 0.25) is 0 Å². The summed E-state index contributed by atoms with van der Waals surface area (Å²) in [6, 6.07) is 2.24. The third-order valence-corrected chi connectivity index (χ3v) is 3.37. The molecule has 2 rings (SSSR count). The number of esters is 1. The average molecular weight is 332 g/mol. The van der Waals surface area contributed by atoms with Crippen LogP contribution in [0.4, 0.5) is 0 Å². The summed E-state index contributed by atoms with van der Waals surface area (Å²) in [6.45, 7) is 2.23. The summed E-state index contributed by atoms with van der Waals surface area (Å²) >= 11 is 0. The van der Waals surface area contributed by atoms with Gasteiger partial charge in [0.25, 0.3) is 0 Å². The molecule has 0 bridgehead atoms. The molecule has 3 N–H and O–H groups in total. The van der Waals surface area contributed by atoms with Gasteiger partial charge < -0.3 is 20.1 Å². The van der Waals surface area contributed by atoms with Crippen LogP contribution in [0, 0.1) is 0 Å². The van der Waals surface area contributed by atoms with Crippen LogP contribution in [0.15, 0.2) is 35.9 Å². The van der Waals surface area contributed by atoms with Crippen LogP contribution in [-0.2, 0) is 9.53 Å². The second kappa shape index (κ2) is 6.29. The number of phenols is 2. The van der Waals surface area contributed by atoms with E-state index in [4.69, 9.17) is 4.74 Å². The van der Waals surface area contributed by atoms with Crippen LogP contribution in [0.3, 0.4) is 0 Å². The molecule has 1 aromatic carbocycles. The van der Waals surface area contributed by atoms with Crippen LogP contribution in [0.2, 0.25) is 0 Å². The number of fused-ring (bicyclic) bond motifs is 1. The van der Waals surface area contributed by atoms with Crippen LogP contribution in [-0.4, -0.2) is 45.1 Å². The van der Waals surface area contributed by atoms with Crippen molar-refractivity contribution in [2.24, 2.45) is 0 Å². The molecule has 0 radical (unpaired) electrons. The number of carbonyl (C=O) groups is 3. The molecule has 0 amide bonds. The maximum Gasteiger partial charge on any atom is 0.302 e. The molecule has 0 unspecified atom stereocenters. The number of aliphatic hydroxyl groups is 1. The third kappa shape index (κ3) is 3.52. The lowest BCUT2D eigenvalue weighted by Gasteiger charge is -2.19. The van der Waals surface area contributed by atoms with E-state index in [1.54, 1.807) is 0 Å². The first-order chi connectivity index (χ1) is 11.1. The van der Waals surface area contributed by atoms with E-state index in [1.807, 2.05) is 0 Å². The highest BCUT2D eigenvalue weighted by Gasteiger charge is 2.30.